The lowest BCUT2D eigenvalue weighted by molar-refractivity contribution is 0.0924. The molecule has 1 heterocycles. The first kappa shape index (κ1) is 16.8. The van der Waals surface area contributed by atoms with E-state index in [0.717, 1.165) is 21.5 Å². The van der Waals surface area contributed by atoms with Gasteiger partial charge in [-0.05, 0) is 51.7 Å². The van der Waals surface area contributed by atoms with E-state index >= 15 is 0 Å². The predicted octanol–water partition coefficient (Wildman–Crippen LogP) is 4.35. The van der Waals surface area contributed by atoms with Crippen molar-refractivity contribution in [1.82, 2.24) is 5.32 Å². The fourth-order valence-electron chi connectivity index (χ4n) is 2.75. The zero-order valence-electron chi connectivity index (χ0n) is 13.7. The third kappa shape index (κ3) is 3.56. The molecule has 0 saturated heterocycles. The molecule has 1 aliphatic heterocycles. The zero-order chi connectivity index (χ0) is 17.1. The minimum absolute atomic E-state index is 0.101. The molecule has 5 heteroatoms. The van der Waals surface area contributed by atoms with Crippen molar-refractivity contribution in [3.05, 3.63) is 58.1 Å². The van der Waals surface area contributed by atoms with Gasteiger partial charge in [0, 0.05) is 4.47 Å². The van der Waals surface area contributed by atoms with Crippen molar-refractivity contribution in [2.45, 2.75) is 19.9 Å². The van der Waals surface area contributed by atoms with Crippen molar-refractivity contribution in [1.29, 1.82) is 0 Å². The summed E-state index contributed by atoms with van der Waals surface area (Å²) in [5, 5.41) is 3.13. The first-order valence-electron chi connectivity index (χ1n) is 8.01. The van der Waals surface area contributed by atoms with E-state index in [0.29, 0.717) is 18.8 Å². The lowest BCUT2D eigenvalue weighted by atomic mass is 9.95. The molecule has 1 unspecified atom stereocenters. The number of hydrogen-bond donors (Lipinski definition) is 1. The molecule has 4 nitrogen and oxygen atoms in total. The van der Waals surface area contributed by atoms with Gasteiger partial charge in [-0.15, -0.1) is 0 Å². The molecule has 1 atom stereocenters. The van der Waals surface area contributed by atoms with Gasteiger partial charge in [-0.2, -0.15) is 0 Å². The fourth-order valence-corrected chi connectivity index (χ4v) is 3.22. The van der Waals surface area contributed by atoms with Gasteiger partial charge in [0.05, 0.1) is 11.6 Å². The minimum atomic E-state index is -0.111. The van der Waals surface area contributed by atoms with Crippen molar-refractivity contribution < 1.29 is 14.3 Å². The third-order valence-electron chi connectivity index (χ3n) is 4.00. The van der Waals surface area contributed by atoms with Crippen LogP contribution in [0.2, 0.25) is 0 Å². The van der Waals surface area contributed by atoms with Crippen LogP contribution < -0.4 is 14.8 Å². The standard InChI is InChI=1S/C19H20BrNO3/c1-12(2)18(21-19(22)14-5-3-4-6-15(14)20)13-7-8-16-17(11-13)24-10-9-23-16/h3-8,11-12,18H,9-10H2,1-2H3,(H,21,22). The number of carbonyl (C=O) groups is 1. The first-order chi connectivity index (χ1) is 11.6. The summed E-state index contributed by atoms with van der Waals surface area (Å²) in [7, 11) is 0. The van der Waals surface area contributed by atoms with Crippen LogP contribution in [-0.2, 0) is 0 Å². The summed E-state index contributed by atoms with van der Waals surface area (Å²) in [5.41, 5.74) is 1.63. The van der Waals surface area contributed by atoms with Crippen LogP contribution in [0.25, 0.3) is 0 Å². The molecule has 0 bridgehead atoms. The van der Waals surface area contributed by atoms with Gasteiger partial charge in [-0.25, -0.2) is 0 Å². The molecule has 0 fully saturated rings. The van der Waals surface area contributed by atoms with Crippen molar-refractivity contribution in [2.75, 3.05) is 13.2 Å². The Morgan fingerprint density at radius 1 is 1.08 bits per heavy atom. The number of hydrogen-bond acceptors (Lipinski definition) is 3. The summed E-state index contributed by atoms with van der Waals surface area (Å²) in [6.45, 7) is 5.29. The van der Waals surface area contributed by atoms with E-state index in [2.05, 4.69) is 35.1 Å². The molecule has 24 heavy (non-hydrogen) atoms. The summed E-state index contributed by atoms with van der Waals surface area (Å²) in [6.07, 6.45) is 0. The number of carbonyl (C=O) groups excluding carboxylic acids is 1. The monoisotopic (exact) mass is 389 g/mol. The van der Waals surface area contributed by atoms with Gasteiger partial charge in [0.2, 0.25) is 0 Å². The van der Waals surface area contributed by atoms with E-state index in [1.165, 1.54) is 0 Å². The Morgan fingerprint density at radius 2 is 1.79 bits per heavy atom. The largest absolute Gasteiger partial charge is 0.486 e. The van der Waals surface area contributed by atoms with Crippen molar-refractivity contribution in [2.24, 2.45) is 5.92 Å². The number of rotatable bonds is 4. The molecule has 2 aromatic rings. The molecule has 0 spiro atoms. The Kier molecular flexibility index (Phi) is 5.09. The van der Waals surface area contributed by atoms with E-state index in [-0.39, 0.29) is 17.9 Å². The van der Waals surface area contributed by atoms with E-state index in [9.17, 15) is 4.79 Å². The Balaban J connectivity index is 1.85. The predicted molar refractivity (Wildman–Crippen MR) is 96.6 cm³/mol. The highest BCUT2D eigenvalue weighted by Gasteiger charge is 2.22. The second-order valence-electron chi connectivity index (χ2n) is 6.08. The lowest BCUT2D eigenvalue weighted by Crippen LogP contribution is -2.32. The van der Waals surface area contributed by atoms with Crippen LogP contribution >= 0.6 is 15.9 Å². The Morgan fingerprint density at radius 3 is 2.50 bits per heavy atom. The van der Waals surface area contributed by atoms with Gasteiger partial charge < -0.3 is 14.8 Å². The van der Waals surface area contributed by atoms with E-state index in [1.54, 1.807) is 6.07 Å². The molecule has 0 aromatic heterocycles. The number of fused-ring (bicyclic) bond motifs is 1. The molecule has 1 aliphatic rings. The summed E-state index contributed by atoms with van der Waals surface area (Å²) < 4.78 is 12.0. The number of ether oxygens (including phenoxy) is 2. The number of amides is 1. The smallest absolute Gasteiger partial charge is 0.252 e. The molecule has 0 aliphatic carbocycles. The summed E-state index contributed by atoms with van der Waals surface area (Å²) in [5.74, 6) is 1.62. The summed E-state index contributed by atoms with van der Waals surface area (Å²) >= 11 is 3.43. The maximum atomic E-state index is 12.6. The van der Waals surface area contributed by atoms with Crippen LogP contribution in [0.1, 0.15) is 35.8 Å². The molecular formula is C19H20BrNO3. The molecule has 0 saturated carbocycles. The van der Waals surface area contributed by atoms with Crippen LogP contribution in [0.3, 0.4) is 0 Å². The van der Waals surface area contributed by atoms with E-state index in [1.807, 2.05) is 36.4 Å². The van der Waals surface area contributed by atoms with Gasteiger partial charge in [0.1, 0.15) is 13.2 Å². The van der Waals surface area contributed by atoms with Crippen molar-refractivity contribution >= 4 is 21.8 Å². The second kappa shape index (κ2) is 7.26. The Labute approximate surface area is 150 Å². The Hall–Kier alpha value is -2.01. The Bertz CT molecular complexity index is 745. The molecule has 3 rings (SSSR count). The van der Waals surface area contributed by atoms with Crippen LogP contribution in [0.4, 0.5) is 0 Å². The molecule has 0 radical (unpaired) electrons. The lowest BCUT2D eigenvalue weighted by Gasteiger charge is -2.25. The number of halogens is 1. The quantitative estimate of drug-likeness (QED) is 0.845. The van der Waals surface area contributed by atoms with Crippen LogP contribution in [0.15, 0.2) is 46.9 Å². The minimum Gasteiger partial charge on any atom is -0.486 e. The fraction of sp³-hybridized carbons (Fsp3) is 0.316. The molecule has 2 aromatic carbocycles. The second-order valence-corrected chi connectivity index (χ2v) is 6.93. The summed E-state index contributed by atoms with van der Waals surface area (Å²) in [6, 6.07) is 13.2. The number of nitrogens with one attached hydrogen (secondary N) is 1. The summed E-state index contributed by atoms with van der Waals surface area (Å²) in [4.78, 5) is 12.6. The van der Waals surface area contributed by atoms with Gasteiger partial charge in [-0.3, -0.25) is 4.79 Å². The van der Waals surface area contributed by atoms with Gasteiger partial charge in [-0.1, -0.05) is 32.0 Å². The molecular weight excluding hydrogens is 370 g/mol. The normalized spacial score (nSPS) is 14.3. The topological polar surface area (TPSA) is 47.6 Å². The third-order valence-corrected chi connectivity index (χ3v) is 4.69. The molecule has 126 valence electrons. The van der Waals surface area contributed by atoms with Gasteiger partial charge in [0.25, 0.3) is 5.91 Å². The maximum absolute atomic E-state index is 12.6. The SMILES string of the molecule is CC(C)C(NC(=O)c1ccccc1Br)c1ccc2c(c1)OCCO2. The average molecular weight is 390 g/mol. The highest BCUT2D eigenvalue weighted by atomic mass is 79.9. The average Bonchev–Trinajstić information content (AvgIpc) is 2.59. The van der Waals surface area contributed by atoms with Gasteiger partial charge in [0.15, 0.2) is 11.5 Å². The van der Waals surface area contributed by atoms with E-state index in [4.69, 9.17) is 9.47 Å². The van der Waals surface area contributed by atoms with Gasteiger partial charge >= 0.3 is 0 Å². The van der Waals surface area contributed by atoms with Crippen LogP contribution in [-0.4, -0.2) is 19.1 Å². The van der Waals surface area contributed by atoms with Crippen molar-refractivity contribution in [3.8, 4) is 11.5 Å². The molecule has 1 amide bonds. The number of benzene rings is 2. The first-order valence-corrected chi connectivity index (χ1v) is 8.80. The zero-order valence-corrected chi connectivity index (χ0v) is 15.3. The maximum Gasteiger partial charge on any atom is 0.252 e. The molecule has 1 N–H and O–H groups in total. The van der Waals surface area contributed by atoms with Crippen molar-refractivity contribution in [3.63, 3.8) is 0 Å². The van der Waals surface area contributed by atoms with Crippen LogP contribution in [0, 0.1) is 5.92 Å². The van der Waals surface area contributed by atoms with E-state index < -0.39 is 0 Å². The van der Waals surface area contributed by atoms with Crippen LogP contribution in [0.5, 0.6) is 11.5 Å². The highest BCUT2D eigenvalue weighted by molar-refractivity contribution is 9.10. The highest BCUT2D eigenvalue weighted by Crippen LogP contribution is 2.34.